The van der Waals surface area contributed by atoms with E-state index >= 15 is 0 Å². The Hall–Kier alpha value is -5.28. The number of para-hydroxylation sites is 2. The summed E-state index contributed by atoms with van der Waals surface area (Å²) in [6, 6.07) is 44.1. The fraction of sp³-hybridized carbons (Fsp3) is 0.100. The number of rotatable bonds is 3. The molecule has 0 N–H and O–H groups in total. The molecule has 0 aliphatic heterocycles. The Morgan fingerprint density at radius 2 is 1.16 bits per heavy atom. The van der Waals surface area contributed by atoms with Gasteiger partial charge in [-0.3, -0.25) is 0 Å². The zero-order chi connectivity index (χ0) is 28.3. The third kappa shape index (κ3) is 3.81. The third-order valence-electron chi connectivity index (χ3n) is 9.20. The highest BCUT2D eigenvalue weighted by Crippen LogP contribution is 2.41. The van der Waals surface area contributed by atoms with Gasteiger partial charge in [-0.1, -0.05) is 121 Å². The lowest BCUT2D eigenvalue weighted by Crippen LogP contribution is -2.11. The summed E-state index contributed by atoms with van der Waals surface area (Å²) in [5.74, 6) is 1.05. The molecule has 1 aliphatic rings. The van der Waals surface area contributed by atoms with Crippen molar-refractivity contribution in [1.29, 1.82) is 0 Å². The maximum atomic E-state index is 5.35. The van der Waals surface area contributed by atoms with E-state index in [4.69, 9.17) is 9.97 Å². The van der Waals surface area contributed by atoms with Crippen LogP contribution in [0, 0.1) is 0 Å². The van der Waals surface area contributed by atoms with E-state index < -0.39 is 0 Å². The first-order valence-electron chi connectivity index (χ1n) is 15.2. The molecule has 1 aliphatic carbocycles. The highest BCUT2D eigenvalue weighted by Gasteiger charge is 2.21. The Bertz CT molecular complexity index is 2280. The molecule has 0 saturated carbocycles. The lowest BCUT2D eigenvalue weighted by molar-refractivity contribution is 0.476. The van der Waals surface area contributed by atoms with Gasteiger partial charge in [-0.15, -0.1) is 0 Å². The summed E-state index contributed by atoms with van der Waals surface area (Å²) in [4.78, 5) is 10.5. The SMILES string of the molecule is C1=CC[C@@H](n2c(-c3ccc(-c4c5ccc6ccccc6c5nc5c4ccc4ccccc45)cc3)nc3ccccc32)CC1. The van der Waals surface area contributed by atoms with Gasteiger partial charge in [0.15, 0.2) is 0 Å². The number of imidazole rings is 1. The minimum absolute atomic E-state index is 0.418. The van der Waals surface area contributed by atoms with Crippen molar-refractivity contribution in [3.8, 4) is 22.5 Å². The van der Waals surface area contributed by atoms with Crippen LogP contribution in [0.1, 0.15) is 25.3 Å². The van der Waals surface area contributed by atoms with Crippen LogP contribution in [0.15, 0.2) is 133 Å². The second kappa shape index (κ2) is 9.64. The molecule has 9 rings (SSSR count). The van der Waals surface area contributed by atoms with E-state index in [0.717, 1.165) is 47.2 Å². The molecule has 3 heteroatoms. The fourth-order valence-corrected chi connectivity index (χ4v) is 7.14. The van der Waals surface area contributed by atoms with Gasteiger partial charge in [0.05, 0.1) is 22.1 Å². The largest absolute Gasteiger partial charge is 0.321 e. The Morgan fingerprint density at radius 3 is 1.84 bits per heavy atom. The molecule has 0 fully saturated rings. The Kier molecular flexibility index (Phi) is 5.45. The molecule has 8 aromatic rings. The molecule has 43 heavy (non-hydrogen) atoms. The van der Waals surface area contributed by atoms with E-state index in [1.165, 1.54) is 49.0 Å². The molecule has 1 atom stereocenters. The van der Waals surface area contributed by atoms with Crippen molar-refractivity contribution in [1.82, 2.24) is 14.5 Å². The molecule has 0 amide bonds. The lowest BCUT2D eigenvalue weighted by Gasteiger charge is -2.23. The van der Waals surface area contributed by atoms with Gasteiger partial charge >= 0.3 is 0 Å². The molecule has 2 aromatic heterocycles. The van der Waals surface area contributed by atoms with Crippen LogP contribution in [0.5, 0.6) is 0 Å². The summed E-state index contributed by atoms with van der Waals surface area (Å²) in [5, 5.41) is 7.14. The van der Waals surface area contributed by atoms with Gasteiger partial charge in [0.25, 0.3) is 0 Å². The van der Waals surface area contributed by atoms with Crippen molar-refractivity contribution in [2.24, 2.45) is 0 Å². The molecule has 2 heterocycles. The number of hydrogen-bond acceptors (Lipinski definition) is 2. The first kappa shape index (κ1) is 24.3. The molecule has 6 aromatic carbocycles. The van der Waals surface area contributed by atoms with Crippen LogP contribution in [0.3, 0.4) is 0 Å². The van der Waals surface area contributed by atoms with Gasteiger partial charge in [0.1, 0.15) is 5.82 Å². The molecule has 0 saturated heterocycles. The van der Waals surface area contributed by atoms with E-state index in [1.54, 1.807) is 0 Å². The standard InChI is InChI=1S/C40H29N3/c1-2-12-30(13-3-1)43-36-17-9-8-16-35(36)41-40(43)29-20-18-28(19-21-29)37-33-24-22-26-10-4-6-14-31(26)38(33)42-39-32-15-7-5-11-27(32)23-25-34(37)39/h1-2,4-11,14-25,30H,3,12-13H2/t30-/m1/s1. The smallest absolute Gasteiger partial charge is 0.141 e. The van der Waals surface area contributed by atoms with E-state index in [1.807, 2.05) is 0 Å². The summed E-state index contributed by atoms with van der Waals surface area (Å²) in [6.45, 7) is 0. The summed E-state index contributed by atoms with van der Waals surface area (Å²) in [7, 11) is 0. The topological polar surface area (TPSA) is 30.7 Å². The first-order valence-corrected chi connectivity index (χ1v) is 15.2. The van der Waals surface area contributed by atoms with Gasteiger partial charge < -0.3 is 4.57 Å². The third-order valence-corrected chi connectivity index (χ3v) is 9.20. The number of pyridine rings is 1. The van der Waals surface area contributed by atoms with Crippen LogP contribution in [0.25, 0.3) is 76.9 Å². The number of allylic oxidation sites excluding steroid dienone is 2. The summed E-state index contributed by atoms with van der Waals surface area (Å²) < 4.78 is 2.48. The summed E-state index contributed by atoms with van der Waals surface area (Å²) in [5.41, 5.74) is 7.94. The number of nitrogens with zero attached hydrogens (tertiary/aromatic N) is 3. The van der Waals surface area contributed by atoms with Crippen molar-refractivity contribution in [2.45, 2.75) is 25.3 Å². The van der Waals surface area contributed by atoms with Crippen LogP contribution in [0.4, 0.5) is 0 Å². The van der Waals surface area contributed by atoms with Crippen LogP contribution >= 0.6 is 0 Å². The predicted octanol–water partition coefficient (Wildman–Crippen LogP) is 10.7. The second-order valence-electron chi connectivity index (χ2n) is 11.7. The molecular formula is C40H29N3. The van der Waals surface area contributed by atoms with Crippen molar-refractivity contribution >= 4 is 54.4 Å². The monoisotopic (exact) mass is 551 g/mol. The minimum Gasteiger partial charge on any atom is -0.321 e. The Labute approximate surface area is 249 Å². The number of benzene rings is 6. The molecule has 0 spiro atoms. The highest BCUT2D eigenvalue weighted by atomic mass is 15.1. The fourth-order valence-electron chi connectivity index (χ4n) is 7.14. The quantitative estimate of drug-likeness (QED) is 0.124. The molecule has 0 unspecified atom stereocenters. The zero-order valence-electron chi connectivity index (χ0n) is 23.7. The van der Waals surface area contributed by atoms with Crippen LogP contribution in [0.2, 0.25) is 0 Å². The van der Waals surface area contributed by atoms with Gasteiger partial charge in [0.2, 0.25) is 0 Å². The molecule has 0 radical (unpaired) electrons. The minimum atomic E-state index is 0.418. The van der Waals surface area contributed by atoms with Gasteiger partial charge in [-0.25, -0.2) is 9.97 Å². The van der Waals surface area contributed by atoms with Crippen LogP contribution in [-0.2, 0) is 0 Å². The molecule has 204 valence electrons. The van der Waals surface area contributed by atoms with Crippen molar-refractivity contribution in [3.63, 3.8) is 0 Å². The van der Waals surface area contributed by atoms with Crippen LogP contribution < -0.4 is 0 Å². The summed E-state index contributed by atoms with van der Waals surface area (Å²) in [6.07, 6.45) is 7.92. The van der Waals surface area contributed by atoms with Crippen molar-refractivity contribution < 1.29 is 0 Å². The average Bonchev–Trinajstić information content (AvgIpc) is 3.47. The van der Waals surface area contributed by atoms with Gasteiger partial charge in [-0.2, -0.15) is 0 Å². The maximum absolute atomic E-state index is 5.35. The predicted molar refractivity (Wildman–Crippen MR) is 180 cm³/mol. The van der Waals surface area contributed by atoms with E-state index in [0.29, 0.717) is 6.04 Å². The van der Waals surface area contributed by atoms with E-state index in [9.17, 15) is 0 Å². The van der Waals surface area contributed by atoms with Gasteiger partial charge in [0, 0.05) is 38.7 Å². The normalized spacial score (nSPS) is 15.3. The summed E-state index contributed by atoms with van der Waals surface area (Å²) >= 11 is 0. The lowest BCUT2D eigenvalue weighted by atomic mass is 9.92. The number of aromatic nitrogens is 3. The number of hydrogen-bond donors (Lipinski definition) is 0. The average molecular weight is 552 g/mol. The van der Waals surface area contributed by atoms with E-state index in [-0.39, 0.29) is 0 Å². The maximum Gasteiger partial charge on any atom is 0.141 e. The second-order valence-corrected chi connectivity index (χ2v) is 11.7. The Balaban J connectivity index is 1.28. The first-order chi connectivity index (χ1) is 21.3. The molecule has 0 bridgehead atoms. The van der Waals surface area contributed by atoms with Crippen molar-refractivity contribution in [2.75, 3.05) is 0 Å². The van der Waals surface area contributed by atoms with E-state index in [2.05, 4.69) is 138 Å². The van der Waals surface area contributed by atoms with Crippen LogP contribution in [-0.4, -0.2) is 14.5 Å². The van der Waals surface area contributed by atoms with Gasteiger partial charge in [-0.05, 0) is 47.7 Å². The van der Waals surface area contributed by atoms with Crippen molar-refractivity contribution in [3.05, 3.63) is 133 Å². The zero-order valence-corrected chi connectivity index (χ0v) is 23.7. The number of fused-ring (bicyclic) bond motifs is 7. The molecule has 3 nitrogen and oxygen atoms in total. The highest BCUT2D eigenvalue weighted by molar-refractivity contribution is 6.21. The Morgan fingerprint density at radius 1 is 0.535 bits per heavy atom. The molecular weight excluding hydrogens is 522 g/mol.